The predicted molar refractivity (Wildman–Crippen MR) is 72.5 cm³/mol. The number of amides is 1. The second kappa shape index (κ2) is 6.62. The Morgan fingerprint density at radius 3 is 2.90 bits per heavy atom. The maximum absolute atomic E-state index is 14.0. The summed E-state index contributed by atoms with van der Waals surface area (Å²) in [5, 5.41) is 0. The van der Waals surface area contributed by atoms with Crippen LogP contribution in [0.3, 0.4) is 0 Å². The van der Waals surface area contributed by atoms with Gasteiger partial charge < -0.3 is 15.1 Å². The molecule has 110 valence electrons. The highest BCUT2D eigenvalue weighted by Crippen LogP contribution is 2.21. The summed E-state index contributed by atoms with van der Waals surface area (Å²) in [7, 11) is 1.67. The van der Waals surface area contributed by atoms with Crippen molar-refractivity contribution in [2.75, 3.05) is 32.2 Å². The fourth-order valence-corrected chi connectivity index (χ4v) is 2.42. The molecule has 2 rings (SSSR count). The number of nitrogen functional groups attached to an aromatic ring is 1. The summed E-state index contributed by atoms with van der Waals surface area (Å²) in [5.74, 6) is 4.47. The van der Waals surface area contributed by atoms with Gasteiger partial charge >= 0.3 is 0 Å². The normalized spacial score (nSPS) is 16.2. The molecule has 2 heterocycles. The van der Waals surface area contributed by atoms with Crippen molar-refractivity contribution in [2.24, 2.45) is 11.8 Å². The highest BCUT2D eigenvalue weighted by Gasteiger charge is 2.26. The molecule has 0 bridgehead atoms. The lowest BCUT2D eigenvalue weighted by Crippen LogP contribution is -2.39. The van der Waals surface area contributed by atoms with Gasteiger partial charge in [0.1, 0.15) is 0 Å². The monoisotopic (exact) mass is 282 g/mol. The Hall–Kier alpha value is -1.73. The Labute approximate surface area is 117 Å². The maximum Gasteiger partial charge on any atom is 0.257 e. The van der Waals surface area contributed by atoms with Crippen molar-refractivity contribution < 1.29 is 13.9 Å². The van der Waals surface area contributed by atoms with Crippen molar-refractivity contribution in [3.05, 3.63) is 23.6 Å². The highest BCUT2D eigenvalue weighted by atomic mass is 19.1. The van der Waals surface area contributed by atoms with Gasteiger partial charge in [-0.3, -0.25) is 4.79 Å². The minimum absolute atomic E-state index is 0.00172. The van der Waals surface area contributed by atoms with Crippen molar-refractivity contribution in [3.8, 4) is 0 Å². The lowest BCUT2D eigenvalue weighted by molar-refractivity contribution is 0.0609. The first kappa shape index (κ1) is 14.7. The number of hydrazine groups is 1. The third-order valence-corrected chi connectivity index (χ3v) is 3.56. The number of likely N-dealkylation sites (tertiary alicyclic amines) is 1. The molecule has 1 aromatic heterocycles. The fourth-order valence-electron chi connectivity index (χ4n) is 2.42. The molecule has 3 N–H and O–H groups in total. The SMILES string of the molecule is COCC1CCN(C(=O)c2ccnc(NN)c2F)CC1. The van der Waals surface area contributed by atoms with Crippen LogP contribution in [0.15, 0.2) is 12.3 Å². The third-order valence-electron chi connectivity index (χ3n) is 3.56. The summed E-state index contributed by atoms with van der Waals surface area (Å²) < 4.78 is 19.1. The Balaban J connectivity index is 2.06. The van der Waals surface area contributed by atoms with Crippen molar-refractivity contribution in [1.82, 2.24) is 9.88 Å². The Morgan fingerprint density at radius 1 is 1.60 bits per heavy atom. The van der Waals surface area contributed by atoms with E-state index < -0.39 is 5.82 Å². The number of pyridine rings is 1. The van der Waals surface area contributed by atoms with Gasteiger partial charge in [0, 0.05) is 33.0 Å². The number of methoxy groups -OCH3 is 1. The number of nitrogens with two attached hydrogens (primary N) is 1. The van der Waals surface area contributed by atoms with Gasteiger partial charge in [-0.15, -0.1) is 0 Å². The molecule has 1 aliphatic rings. The molecule has 1 fully saturated rings. The zero-order valence-corrected chi connectivity index (χ0v) is 11.4. The Kier molecular flexibility index (Phi) is 4.86. The van der Waals surface area contributed by atoms with Crippen LogP contribution >= 0.6 is 0 Å². The van der Waals surface area contributed by atoms with E-state index in [9.17, 15) is 9.18 Å². The lowest BCUT2D eigenvalue weighted by atomic mass is 9.97. The highest BCUT2D eigenvalue weighted by molar-refractivity contribution is 5.95. The van der Waals surface area contributed by atoms with Gasteiger partial charge in [-0.05, 0) is 24.8 Å². The molecule has 0 spiro atoms. The number of carbonyl (C=O) groups is 1. The molecule has 1 aliphatic heterocycles. The van der Waals surface area contributed by atoms with Crippen molar-refractivity contribution in [1.29, 1.82) is 0 Å². The summed E-state index contributed by atoms with van der Waals surface area (Å²) >= 11 is 0. The summed E-state index contributed by atoms with van der Waals surface area (Å²) in [4.78, 5) is 17.7. The van der Waals surface area contributed by atoms with Crippen LogP contribution in [-0.4, -0.2) is 42.6 Å². The fraction of sp³-hybridized carbons (Fsp3) is 0.538. The average Bonchev–Trinajstić information content (AvgIpc) is 2.48. The summed E-state index contributed by atoms with van der Waals surface area (Å²) in [6.07, 6.45) is 3.10. The standard InChI is InChI=1S/C13H19FN4O2/c1-20-8-9-3-6-18(7-4-9)13(19)10-2-5-16-12(17-15)11(10)14/h2,5,9H,3-4,6-8,15H2,1H3,(H,16,17). The predicted octanol–water partition coefficient (Wildman–Crippen LogP) is 1.00. The minimum Gasteiger partial charge on any atom is -0.384 e. The van der Waals surface area contributed by atoms with E-state index in [1.165, 1.54) is 12.3 Å². The number of nitrogens with zero attached hydrogens (tertiary/aromatic N) is 2. The molecule has 0 radical (unpaired) electrons. The zero-order valence-electron chi connectivity index (χ0n) is 11.4. The van der Waals surface area contributed by atoms with Gasteiger partial charge in [-0.2, -0.15) is 0 Å². The van der Waals surface area contributed by atoms with E-state index in [4.69, 9.17) is 10.6 Å². The molecule has 0 atom stereocenters. The van der Waals surface area contributed by atoms with Gasteiger partial charge in [0.25, 0.3) is 5.91 Å². The van der Waals surface area contributed by atoms with E-state index >= 15 is 0 Å². The molecule has 1 amide bonds. The number of rotatable bonds is 4. The van der Waals surface area contributed by atoms with Crippen LogP contribution in [0.1, 0.15) is 23.2 Å². The Bertz CT molecular complexity index is 475. The van der Waals surface area contributed by atoms with Crippen LogP contribution in [0.5, 0.6) is 0 Å². The number of aromatic nitrogens is 1. The molecule has 0 saturated carbocycles. The molecule has 1 saturated heterocycles. The number of piperidine rings is 1. The van der Waals surface area contributed by atoms with Crippen molar-refractivity contribution in [3.63, 3.8) is 0 Å². The molecule has 0 unspecified atom stereocenters. The largest absolute Gasteiger partial charge is 0.384 e. The summed E-state index contributed by atoms with van der Waals surface area (Å²) in [6.45, 7) is 1.92. The van der Waals surface area contributed by atoms with Crippen LogP contribution in [-0.2, 0) is 4.74 Å². The topological polar surface area (TPSA) is 80.5 Å². The molecule has 6 nitrogen and oxygen atoms in total. The molecule has 1 aromatic rings. The maximum atomic E-state index is 14.0. The first-order valence-electron chi connectivity index (χ1n) is 6.56. The van der Waals surface area contributed by atoms with E-state index in [0.717, 1.165) is 12.8 Å². The van der Waals surface area contributed by atoms with Gasteiger partial charge in [0.05, 0.1) is 5.56 Å². The van der Waals surface area contributed by atoms with Crippen molar-refractivity contribution >= 4 is 11.7 Å². The van der Waals surface area contributed by atoms with Crippen LogP contribution in [0, 0.1) is 11.7 Å². The number of anilines is 1. The van der Waals surface area contributed by atoms with E-state index in [1.54, 1.807) is 12.0 Å². The number of halogens is 1. The second-order valence-corrected chi connectivity index (χ2v) is 4.86. The lowest BCUT2D eigenvalue weighted by Gasteiger charge is -2.31. The molecule has 7 heteroatoms. The van der Waals surface area contributed by atoms with Gasteiger partial charge in [-0.1, -0.05) is 0 Å². The summed E-state index contributed by atoms with van der Waals surface area (Å²) in [6, 6.07) is 1.37. The first-order valence-corrected chi connectivity index (χ1v) is 6.56. The van der Waals surface area contributed by atoms with Crippen LogP contribution in [0.2, 0.25) is 0 Å². The van der Waals surface area contributed by atoms with Gasteiger partial charge in [0.2, 0.25) is 0 Å². The number of ether oxygens (including phenoxy) is 1. The third kappa shape index (κ3) is 3.05. The zero-order chi connectivity index (χ0) is 14.5. The van der Waals surface area contributed by atoms with Crippen LogP contribution < -0.4 is 11.3 Å². The average molecular weight is 282 g/mol. The molecule has 0 aliphatic carbocycles. The number of nitrogens with one attached hydrogen (secondary N) is 1. The Morgan fingerprint density at radius 2 is 2.30 bits per heavy atom. The molecular formula is C13H19FN4O2. The number of hydrogen-bond acceptors (Lipinski definition) is 5. The van der Waals surface area contributed by atoms with Crippen molar-refractivity contribution in [2.45, 2.75) is 12.8 Å². The smallest absolute Gasteiger partial charge is 0.257 e. The molecule has 0 aromatic carbocycles. The molecule has 20 heavy (non-hydrogen) atoms. The van der Waals surface area contributed by atoms with E-state index in [2.05, 4.69) is 10.4 Å². The number of hydrogen-bond donors (Lipinski definition) is 2. The van der Waals surface area contributed by atoms with E-state index in [1.807, 2.05) is 0 Å². The summed E-state index contributed by atoms with van der Waals surface area (Å²) in [5.41, 5.74) is 2.14. The van der Waals surface area contributed by atoms with Crippen LogP contribution in [0.4, 0.5) is 10.2 Å². The number of carbonyl (C=O) groups excluding carboxylic acids is 1. The minimum atomic E-state index is -0.709. The van der Waals surface area contributed by atoms with E-state index in [0.29, 0.717) is 25.6 Å². The molecular weight excluding hydrogens is 263 g/mol. The quantitative estimate of drug-likeness (QED) is 0.636. The van der Waals surface area contributed by atoms with E-state index in [-0.39, 0.29) is 17.3 Å². The van der Waals surface area contributed by atoms with Gasteiger partial charge in [0.15, 0.2) is 11.6 Å². The first-order chi connectivity index (χ1) is 9.67. The van der Waals surface area contributed by atoms with Crippen LogP contribution in [0.25, 0.3) is 0 Å². The second-order valence-electron chi connectivity index (χ2n) is 4.86. The van der Waals surface area contributed by atoms with Gasteiger partial charge in [-0.25, -0.2) is 15.2 Å².